The molecule has 0 amide bonds. The van der Waals surface area contributed by atoms with E-state index in [0.717, 1.165) is 30.6 Å². The molecule has 1 aromatic carbocycles. The van der Waals surface area contributed by atoms with Gasteiger partial charge in [0.2, 0.25) is 0 Å². The molecule has 1 heterocycles. The van der Waals surface area contributed by atoms with E-state index in [1.807, 2.05) is 26.0 Å². The Morgan fingerprint density at radius 1 is 1.38 bits per heavy atom. The van der Waals surface area contributed by atoms with Crippen LogP contribution in [0.25, 0.3) is 0 Å². The van der Waals surface area contributed by atoms with Crippen molar-refractivity contribution < 1.29 is 19.0 Å². The number of carbonyl (C=O) groups excluding carboxylic acids is 1. The highest BCUT2D eigenvalue weighted by Crippen LogP contribution is 2.63. The van der Waals surface area contributed by atoms with Crippen LogP contribution in [0.5, 0.6) is 5.75 Å². The highest BCUT2D eigenvalue weighted by molar-refractivity contribution is 5.85. The van der Waals surface area contributed by atoms with Gasteiger partial charge in [-0.25, -0.2) is 4.79 Å². The van der Waals surface area contributed by atoms with Crippen molar-refractivity contribution in [2.45, 2.75) is 50.7 Å². The average Bonchev–Trinajstić information content (AvgIpc) is 3.17. The van der Waals surface area contributed by atoms with Gasteiger partial charge < -0.3 is 14.2 Å². The third-order valence-corrected chi connectivity index (χ3v) is 4.78. The van der Waals surface area contributed by atoms with Crippen molar-refractivity contribution >= 4 is 5.97 Å². The second-order valence-corrected chi connectivity index (χ2v) is 5.71. The van der Waals surface area contributed by atoms with Crippen molar-refractivity contribution in [1.82, 2.24) is 0 Å². The Labute approximate surface area is 125 Å². The van der Waals surface area contributed by atoms with Crippen LogP contribution in [0.15, 0.2) is 18.2 Å². The minimum Gasteiger partial charge on any atom is -0.497 e. The first-order chi connectivity index (χ1) is 10.1. The number of ether oxygens (including phenoxy) is 3. The molecule has 0 radical (unpaired) electrons. The topological polar surface area (TPSA) is 48.1 Å². The molecule has 0 saturated carbocycles. The molecule has 4 heteroatoms. The van der Waals surface area contributed by atoms with E-state index in [4.69, 9.17) is 14.2 Å². The molecule has 0 aromatic heterocycles. The SMILES string of the molecule is CCOC(=O)C1(CC)OC12CCCc1cc(OC)ccc12. The lowest BCUT2D eigenvalue weighted by atomic mass is 9.74. The number of fused-ring (bicyclic) bond motifs is 2. The van der Waals surface area contributed by atoms with Crippen molar-refractivity contribution in [2.75, 3.05) is 13.7 Å². The highest BCUT2D eigenvalue weighted by atomic mass is 16.7. The maximum absolute atomic E-state index is 12.4. The van der Waals surface area contributed by atoms with Crippen molar-refractivity contribution in [3.63, 3.8) is 0 Å². The lowest BCUT2D eigenvalue weighted by Crippen LogP contribution is -2.36. The Kier molecular flexibility index (Phi) is 3.44. The summed E-state index contributed by atoms with van der Waals surface area (Å²) in [7, 11) is 1.67. The van der Waals surface area contributed by atoms with E-state index >= 15 is 0 Å². The van der Waals surface area contributed by atoms with Crippen molar-refractivity contribution in [3.8, 4) is 5.75 Å². The molecule has 1 aromatic rings. The normalized spacial score (nSPS) is 29.9. The van der Waals surface area contributed by atoms with Crippen LogP contribution in [0.1, 0.15) is 44.2 Å². The Balaban J connectivity index is 2.01. The predicted octanol–water partition coefficient (Wildman–Crippen LogP) is 2.97. The summed E-state index contributed by atoms with van der Waals surface area (Å²) >= 11 is 0. The van der Waals surface area contributed by atoms with Crippen LogP contribution in [0, 0.1) is 0 Å². The number of epoxide rings is 1. The van der Waals surface area contributed by atoms with Gasteiger partial charge in [0, 0.05) is 0 Å². The fourth-order valence-corrected chi connectivity index (χ4v) is 3.71. The zero-order chi connectivity index (χ0) is 15.1. The maximum Gasteiger partial charge on any atom is 0.341 e. The first kappa shape index (κ1) is 14.4. The van der Waals surface area contributed by atoms with E-state index in [0.29, 0.717) is 13.0 Å². The van der Waals surface area contributed by atoms with Crippen LogP contribution in [-0.4, -0.2) is 25.3 Å². The number of rotatable bonds is 4. The molecule has 3 rings (SSSR count). The second kappa shape index (κ2) is 5.02. The van der Waals surface area contributed by atoms with Gasteiger partial charge in [-0.15, -0.1) is 0 Å². The monoisotopic (exact) mass is 290 g/mol. The van der Waals surface area contributed by atoms with E-state index in [-0.39, 0.29) is 5.97 Å². The van der Waals surface area contributed by atoms with Crippen LogP contribution in [0.2, 0.25) is 0 Å². The van der Waals surface area contributed by atoms with Crippen LogP contribution >= 0.6 is 0 Å². The Morgan fingerprint density at radius 3 is 2.86 bits per heavy atom. The summed E-state index contributed by atoms with van der Waals surface area (Å²) in [5.74, 6) is 0.626. The molecule has 0 N–H and O–H groups in total. The van der Waals surface area contributed by atoms with Gasteiger partial charge in [-0.05, 0) is 55.9 Å². The third-order valence-electron chi connectivity index (χ3n) is 4.78. The van der Waals surface area contributed by atoms with Gasteiger partial charge in [-0.3, -0.25) is 0 Å². The first-order valence-corrected chi connectivity index (χ1v) is 7.68. The maximum atomic E-state index is 12.4. The van der Waals surface area contributed by atoms with Crippen LogP contribution in [0.4, 0.5) is 0 Å². The van der Waals surface area contributed by atoms with E-state index in [1.165, 1.54) is 5.56 Å². The van der Waals surface area contributed by atoms with Crippen LogP contribution in [-0.2, 0) is 26.3 Å². The minimum absolute atomic E-state index is 0.226. The molecule has 1 saturated heterocycles. The number of hydrogen-bond acceptors (Lipinski definition) is 4. The van der Waals surface area contributed by atoms with Crippen LogP contribution in [0.3, 0.4) is 0 Å². The standard InChI is InChI=1S/C17H22O4/c1-4-16(15(18)20-5-2)17(21-16)10-6-7-12-11-13(19-3)8-9-14(12)17/h8-9,11H,4-7,10H2,1-3H3. The second-order valence-electron chi connectivity index (χ2n) is 5.71. The van der Waals surface area contributed by atoms with E-state index in [9.17, 15) is 4.79 Å². The fraction of sp³-hybridized carbons (Fsp3) is 0.588. The number of methoxy groups -OCH3 is 1. The number of hydrogen-bond donors (Lipinski definition) is 0. The number of carbonyl (C=O) groups is 1. The summed E-state index contributed by atoms with van der Waals surface area (Å²) < 4.78 is 16.6. The Hall–Kier alpha value is -1.55. The van der Waals surface area contributed by atoms with Gasteiger partial charge in [0.05, 0.1) is 13.7 Å². The first-order valence-electron chi connectivity index (χ1n) is 7.68. The molecular formula is C17H22O4. The number of esters is 1. The molecule has 0 bridgehead atoms. The highest BCUT2D eigenvalue weighted by Gasteiger charge is 2.75. The lowest BCUT2D eigenvalue weighted by molar-refractivity contribution is -0.149. The van der Waals surface area contributed by atoms with Gasteiger partial charge >= 0.3 is 5.97 Å². The van der Waals surface area contributed by atoms with Crippen molar-refractivity contribution in [3.05, 3.63) is 29.3 Å². The Morgan fingerprint density at radius 2 is 2.19 bits per heavy atom. The summed E-state index contributed by atoms with van der Waals surface area (Å²) in [6, 6.07) is 6.05. The zero-order valence-electron chi connectivity index (χ0n) is 12.9. The smallest absolute Gasteiger partial charge is 0.341 e. The Bertz CT molecular complexity index is 568. The summed E-state index contributed by atoms with van der Waals surface area (Å²) in [4.78, 5) is 12.4. The molecule has 4 nitrogen and oxygen atoms in total. The molecule has 1 spiro atoms. The van der Waals surface area contributed by atoms with Gasteiger partial charge in [0.25, 0.3) is 0 Å². The van der Waals surface area contributed by atoms with Crippen molar-refractivity contribution in [2.24, 2.45) is 0 Å². The molecule has 21 heavy (non-hydrogen) atoms. The average molecular weight is 290 g/mol. The van der Waals surface area contributed by atoms with Crippen LogP contribution < -0.4 is 4.74 Å². The molecule has 114 valence electrons. The van der Waals surface area contributed by atoms with Gasteiger partial charge in [0.1, 0.15) is 11.4 Å². The molecule has 2 unspecified atom stereocenters. The zero-order valence-corrected chi connectivity index (χ0v) is 12.9. The van der Waals surface area contributed by atoms with E-state index < -0.39 is 11.2 Å². The number of aryl methyl sites for hydroxylation is 1. The summed E-state index contributed by atoms with van der Waals surface area (Å²) in [5.41, 5.74) is 1.06. The molecule has 2 aliphatic rings. The quantitative estimate of drug-likeness (QED) is 0.632. The summed E-state index contributed by atoms with van der Waals surface area (Å²) in [6.07, 6.45) is 3.53. The largest absolute Gasteiger partial charge is 0.497 e. The summed E-state index contributed by atoms with van der Waals surface area (Å²) in [5, 5.41) is 0. The van der Waals surface area contributed by atoms with E-state index in [1.54, 1.807) is 7.11 Å². The summed E-state index contributed by atoms with van der Waals surface area (Å²) in [6.45, 7) is 4.20. The van der Waals surface area contributed by atoms with Gasteiger partial charge in [-0.1, -0.05) is 13.0 Å². The minimum atomic E-state index is -0.799. The fourth-order valence-electron chi connectivity index (χ4n) is 3.71. The van der Waals surface area contributed by atoms with E-state index in [2.05, 4.69) is 6.07 Å². The third kappa shape index (κ3) is 1.89. The van der Waals surface area contributed by atoms with Gasteiger partial charge in [-0.2, -0.15) is 0 Å². The predicted molar refractivity (Wildman–Crippen MR) is 78.4 cm³/mol. The number of benzene rings is 1. The van der Waals surface area contributed by atoms with Crippen molar-refractivity contribution in [1.29, 1.82) is 0 Å². The molecule has 1 aliphatic heterocycles. The molecule has 1 aliphatic carbocycles. The molecule has 2 atom stereocenters. The lowest BCUT2D eigenvalue weighted by Gasteiger charge is -2.26. The molecule has 1 fully saturated rings. The van der Waals surface area contributed by atoms with Gasteiger partial charge in [0.15, 0.2) is 5.60 Å². The molecular weight excluding hydrogens is 268 g/mol.